The molecule has 45 heavy (non-hydrogen) atoms. The van der Waals surface area contributed by atoms with Crippen molar-refractivity contribution in [1.29, 1.82) is 0 Å². The molecule has 6 atom stereocenters. The minimum atomic E-state index is -2.68. The van der Waals surface area contributed by atoms with Crippen LogP contribution in [-0.4, -0.2) is 67.9 Å². The Kier molecular flexibility index (Phi) is 12.9. The van der Waals surface area contributed by atoms with Gasteiger partial charge in [0.1, 0.15) is 12.3 Å². The van der Waals surface area contributed by atoms with Gasteiger partial charge in [-0.05, 0) is 61.4 Å². The van der Waals surface area contributed by atoms with Crippen LogP contribution in [0.3, 0.4) is 0 Å². The molecule has 0 spiro atoms. The third-order valence-electron chi connectivity index (χ3n) is 9.66. The highest BCUT2D eigenvalue weighted by Crippen LogP contribution is 2.52. The topological polar surface area (TPSA) is 141 Å². The monoisotopic (exact) mass is 647 g/mol. The van der Waals surface area contributed by atoms with Gasteiger partial charge in [0.2, 0.25) is 0 Å². The van der Waals surface area contributed by atoms with E-state index in [1.165, 1.54) is 10.8 Å². The van der Waals surface area contributed by atoms with Crippen LogP contribution in [0.2, 0.25) is 11.1 Å². The number of carbonyl (C=O) groups is 1. The average molecular weight is 648 g/mol. The van der Waals surface area contributed by atoms with Crippen molar-refractivity contribution >= 4 is 14.7 Å². The fourth-order valence-electron chi connectivity index (χ4n) is 6.93. The first-order valence-corrected chi connectivity index (χ1v) is 18.8. The molecule has 11 nitrogen and oxygen atoms in total. The SMILES string of the molecule is Cc1cn([C@H]2CC(O)[C@@H](CO[Si](OCCCCCCNC(=O)OCC3[C@H]4CCC#CCC[C@@H]34)(C(C)C)C(C)C)O2)c(=O)[nH]c1=O. The minimum absolute atomic E-state index is 0.162. The third kappa shape index (κ3) is 9.32. The van der Waals surface area contributed by atoms with Crippen molar-refractivity contribution in [3.63, 3.8) is 0 Å². The van der Waals surface area contributed by atoms with Crippen LogP contribution in [0.4, 0.5) is 4.79 Å². The van der Waals surface area contributed by atoms with Gasteiger partial charge in [-0.3, -0.25) is 14.3 Å². The molecule has 1 amide bonds. The van der Waals surface area contributed by atoms with Crippen molar-refractivity contribution in [2.45, 2.75) is 122 Å². The molecule has 2 aliphatic carbocycles. The van der Waals surface area contributed by atoms with Crippen molar-refractivity contribution < 1.29 is 28.2 Å². The number of rotatable bonds is 16. The van der Waals surface area contributed by atoms with Gasteiger partial charge < -0.3 is 28.7 Å². The Bertz CT molecular complexity index is 1280. The number of hydrogen-bond donors (Lipinski definition) is 3. The van der Waals surface area contributed by atoms with Crippen molar-refractivity contribution in [3.8, 4) is 11.8 Å². The maximum atomic E-state index is 12.3. The lowest BCUT2D eigenvalue weighted by molar-refractivity contribution is -0.0489. The maximum absolute atomic E-state index is 12.3. The number of nitrogens with one attached hydrogen (secondary N) is 2. The van der Waals surface area contributed by atoms with Crippen LogP contribution in [0.15, 0.2) is 15.8 Å². The Hall–Kier alpha value is -2.43. The highest BCUT2D eigenvalue weighted by atomic mass is 28.4. The maximum Gasteiger partial charge on any atom is 0.407 e. The van der Waals surface area contributed by atoms with Gasteiger partial charge in [-0.1, -0.05) is 40.5 Å². The zero-order valence-corrected chi connectivity index (χ0v) is 28.6. The number of unbranched alkanes of at least 4 members (excludes halogenated alkanes) is 3. The molecule has 0 radical (unpaired) electrons. The van der Waals surface area contributed by atoms with Gasteiger partial charge in [-0.2, -0.15) is 0 Å². The summed E-state index contributed by atoms with van der Waals surface area (Å²) in [6, 6.07) is 0. The van der Waals surface area contributed by atoms with Crippen LogP contribution in [0, 0.1) is 36.5 Å². The van der Waals surface area contributed by atoms with Crippen LogP contribution in [-0.2, 0) is 18.3 Å². The number of aliphatic hydroxyl groups excluding tert-OH is 1. The quantitative estimate of drug-likeness (QED) is 0.135. The number of amides is 1. The molecule has 3 aliphatic rings. The molecule has 3 N–H and O–H groups in total. The van der Waals surface area contributed by atoms with Crippen molar-refractivity contribution in [3.05, 3.63) is 32.6 Å². The van der Waals surface area contributed by atoms with Crippen LogP contribution in [0.25, 0.3) is 0 Å². The van der Waals surface area contributed by atoms with E-state index in [0.717, 1.165) is 51.4 Å². The van der Waals surface area contributed by atoms with Crippen LogP contribution >= 0.6 is 0 Å². The number of aryl methyl sites for hydroxylation is 1. The summed E-state index contributed by atoms with van der Waals surface area (Å²) in [4.78, 5) is 38.5. The predicted octanol–water partition coefficient (Wildman–Crippen LogP) is 4.52. The number of aliphatic hydroxyl groups is 1. The number of aromatic amines is 1. The summed E-state index contributed by atoms with van der Waals surface area (Å²) in [6.45, 7) is 11.9. The fraction of sp³-hybridized carbons (Fsp3) is 0.788. The number of hydrogen-bond acceptors (Lipinski definition) is 8. The summed E-state index contributed by atoms with van der Waals surface area (Å²) in [5, 5.41) is 13.6. The van der Waals surface area contributed by atoms with Crippen LogP contribution < -0.4 is 16.6 Å². The first-order valence-electron chi connectivity index (χ1n) is 16.8. The van der Waals surface area contributed by atoms with E-state index in [9.17, 15) is 19.5 Å². The van der Waals surface area contributed by atoms with E-state index in [4.69, 9.17) is 18.3 Å². The number of ether oxygens (including phenoxy) is 2. The van der Waals surface area contributed by atoms with Crippen molar-refractivity contribution in [1.82, 2.24) is 14.9 Å². The smallest absolute Gasteiger partial charge is 0.407 e. The van der Waals surface area contributed by atoms with E-state index in [2.05, 4.69) is 49.8 Å². The molecule has 1 saturated heterocycles. The standard InChI is InChI=1S/C33H53N3O8Si/c1-22(2)45(23(3)4,43-21-29-28(37)18-30(44-29)36-19-24(5)31(38)35-32(36)39)42-17-13-9-8-12-16-34-33(40)41-20-27-25-14-10-6-7-11-15-26(25)27/h19,22-23,25-30,37H,8-18,20-21H2,1-5H3,(H,34,40)(H,35,38,39)/t25-,26+,27?,28?,29-,30-/m1/s1. The first-order chi connectivity index (χ1) is 21.5. The second-order valence-electron chi connectivity index (χ2n) is 13.5. The number of alkyl carbamates (subject to hydrolysis) is 1. The highest BCUT2D eigenvalue weighted by Gasteiger charge is 2.49. The molecule has 1 aromatic rings. The lowest BCUT2D eigenvalue weighted by Crippen LogP contribution is -2.50. The van der Waals surface area contributed by atoms with E-state index >= 15 is 0 Å². The molecular weight excluding hydrogens is 594 g/mol. The average Bonchev–Trinajstić information content (AvgIpc) is 3.47. The van der Waals surface area contributed by atoms with Crippen LogP contribution in [0.1, 0.15) is 97.3 Å². The Morgan fingerprint density at radius 1 is 1.07 bits per heavy atom. The summed E-state index contributed by atoms with van der Waals surface area (Å²) in [6.07, 6.45) is 7.15. The Labute approximate surface area is 268 Å². The van der Waals surface area contributed by atoms with Gasteiger partial charge in [-0.25, -0.2) is 9.59 Å². The summed E-state index contributed by atoms with van der Waals surface area (Å²) in [5.74, 6) is 8.28. The normalized spacial score (nSPS) is 26.1. The summed E-state index contributed by atoms with van der Waals surface area (Å²) < 4.78 is 26.0. The van der Waals surface area contributed by atoms with E-state index in [1.54, 1.807) is 6.92 Å². The summed E-state index contributed by atoms with van der Waals surface area (Å²) >= 11 is 0. The number of aromatic nitrogens is 2. The molecule has 2 fully saturated rings. The van der Waals surface area contributed by atoms with Crippen LogP contribution in [0.5, 0.6) is 0 Å². The van der Waals surface area contributed by atoms with Crippen molar-refractivity contribution in [2.24, 2.45) is 17.8 Å². The molecule has 0 aromatic carbocycles. The largest absolute Gasteiger partial charge is 0.449 e. The summed E-state index contributed by atoms with van der Waals surface area (Å²) in [5.41, 5.74) is -0.254. The van der Waals surface area contributed by atoms with Gasteiger partial charge >= 0.3 is 20.3 Å². The molecule has 4 rings (SSSR count). The second-order valence-corrected chi connectivity index (χ2v) is 17.8. The molecule has 12 heteroatoms. The highest BCUT2D eigenvalue weighted by molar-refractivity contribution is 6.70. The van der Waals surface area contributed by atoms with E-state index in [-0.39, 0.29) is 30.2 Å². The molecule has 1 aromatic heterocycles. The van der Waals surface area contributed by atoms with Gasteiger partial charge in [-0.15, -0.1) is 11.8 Å². The fourth-order valence-corrected chi connectivity index (χ4v) is 10.6. The molecule has 2 heterocycles. The van der Waals surface area contributed by atoms with Gasteiger partial charge in [0, 0.05) is 44.2 Å². The van der Waals surface area contributed by atoms with Gasteiger partial charge in [0.15, 0.2) is 0 Å². The van der Waals surface area contributed by atoms with Gasteiger partial charge in [0.25, 0.3) is 5.56 Å². The van der Waals surface area contributed by atoms with Gasteiger partial charge in [0.05, 0.1) is 19.3 Å². The zero-order valence-electron chi connectivity index (χ0n) is 27.6. The number of nitrogens with zero attached hydrogens (tertiary/aromatic N) is 1. The van der Waals surface area contributed by atoms with Crippen molar-refractivity contribution in [2.75, 3.05) is 26.4 Å². The zero-order chi connectivity index (χ0) is 32.6. The van der Waals surface area contributed by atoms with E-state index in [0.29, 0.717) is 43.1 Å². The predicted molar refractivity (Wildman–Crippen MR) is 173 cm³/mol. The summed E-state index contributed by atoms with van der Waals surface area (Å²) in [7, 11) is -2.68. The Morgan fingerprint density at radius 2 is 1.73 bits per heavy atom. The van der Waals surface area contributed by atoms with E-state index < -0.39 is 38.2 Å². The number of fused-ring (bicyclic) bond motifs is 1. The molecular formula is C33H53N3O8Si. The minimum Gasteiger partial charge on any atom is -0.449 e. The Morgan fingerprint density at radius 3 is 2.40 bits per heavy atom. The lowest BCUT2D eigenvalue weighted by atomic mass is 10.1. The second kappa shape index (κ2) is 16.4. The first kappa shape index (κ1) is 35.4. The lowest BCUT2D eigenvalue weighted by Gasteiger charge is -2.38. The molecule has 0 bridgehead atoms. The van der Waals surface area contributed by atoms with E-state index in [1.807, 2.05) is 0 Å². The molecule has 1 saturated carbocycles. The third-order valence-corrected chi connectivity index (χ3v) is 14.1. The number of H-pyrrole nitrogens is 1. The Balaban J connectivity index is 1.13. The molecule has 1 aliphatic heterocycles. The number of carbonyl (C=O) groups excluding carboxylic acids is 1. The molecule has 252 valence electrons. The molecule has 2 unspecified atom stereocenters.